The molecule has 1 rings (SSSR count). The lowest BCUT2D eigenvalue weighted by Crippen LogP contribution is -2.42. The third-order valence-electron chi connectivity index (χ3n) is 1.63. The quantitative estimate of drug-likeness (QED) is 0.475. The molecule has 0 aromatic rings. The van der Waals surface area contributed by atoms with Gasteiger partial charge in [0.15, 0.2) is 0 Å². The van der Waals surface area contributed by atoms with Crippen molar-refractivity contribution in [3.63, 3.8) is 0 Å². The molecule has 0 aromatic carbocycles. The molecule has 0 radical (unpaired) electrons. The van der Waals surface area contributed by atoms with Crippen molar-refractivity contribution >= 4 is 9.05 Å². The molecule has 10 heavy (non-hydrogen) atoms. The Hall–Kier alpha value is 0.0569. The molecule has 0 aliphatic heterocycles. The highest BCUT2D eigenvalue weighted by Gasteiger charge is 2.35. The second-order valence-corrected chi connectivity index (χ2v) is 3.98. The number of hydrogen-bond acceptors (Lipinski definition) is 4. The van der Waals surface area contributed by atoms with E-state index >= 15 is 0 Å². The number of hydrogen-bond donors (Lipinski definition) is 3. The average Bonchev–Trinajstić information content (AvgIpc) is 2.12. The Morgan fingerprint density at radius 3 is 2.00 bits per heavy atom. The van der Waals surface area contributed by atoms with E-state index in [0.717, 1.165) is 25.7 Å². The van der Waals surface area contributed by atoms with Gasteiger partial charge in [0.2, 0.25) is 0 Å². The Balaban J connectivity index is 2.24. The van der Waals surface area contributed by atoms with Crippen LogP contribution in [0.4, 0.5) is 0 Å². The summed E-state index contributed by atoms with van der Waals surface area (Å²) >= 11 is 0. The third-order valence-corrected chi connectivity index (χ3v) is 2.28. The van der Waals surface area contributed by atoms with Gasteiger partial charge in [-0.1, -0.05) is 12.8 Å². The first-order valence-corrected chi connectivity index (χ1v) is 5.18. The van der Waals surface area contributed by atoms with Crippen molar-refractivity contribution in [1.82, 2.24) is 0 Å². The topological polar surface area (TPSA) is 69.9 Å². The lowest BCUT2D eigenvalue weighted by atomic mass is 10.3. The van der Waals surface area contributed by atoms with Gasteiger partial charge >= 0.3 is 9.05 Å². The summed E-state index contributed by atoms with van der Waals surface area (Å²) in [7, 11) is -4.22. The summed E-state index contributed by atoms with van der Waals surface area (Å²) in [6.45, 7) is 0. The van der Waals surface area contributed by atoms with E-state index in [9.17, 15) is 0 Å². The fourth-order valence-corrected chi connectivity index (χ4v) is 1.91. The molecule has 4 nitrogen and oxygen atoms in total. The van der Waals surface area contributed by atoms with Crippen molar-refractivity contribution in [3.8, 4) is 0 Å². The number of rotatable bonds is 2. The van der Waals surface area contributed by atoms with Crippen molar-refractivity contribution in [3.05, 3.63) is 0 Å². The Labute approximate surface area is 60.6 Å². The highest BCUT2D eigenvalue weighted by atomic mass is 28.4. The summed E-state index contributed by atoms with van der Waals surface area (Å²) in [5, 5.41) is 0. The summed E-state index contributed by atoms with van der Waals surface area (Å²) in [5.74, 6) is 0. The van der Waals surface area contributed by atoms with E-state index in [2.05, 4.69) is 4.43 Å². The third kappa shape index (κ3) is 2.76. The van der Waals surface area contributed by atoms with Crippen LogP contribution in [0.1, 0.15) is 25.7 Å². The van der Waals surface area contributed by atoms with Crippen LogP contribution in [0.25, 0.3) is 0 Å². The van der Waals surface area contributed by atoms with Gasteiger partial charge in [0.1, 0.15) is 0 Å². The monoisotopic (exact) mass is 164 g/mol. The molecule has 3 N–H and O–H groups in total. The van der Waals surface area contributed by atoms with Crippen molar-refractivity contribution in [2.24, 2.45) is 0 Å². The molecular formula is C5H12O4Si. The van der Waals surface area contributed by atoms with Crippen molar-refractivity contribution in [2.75, 3.05) is 0 Å². The molecule has 0 spiro atoms. The molecule has 1 aliphatic carbocycles. The summed E-state index contributed by atoms with van der Waals surface area (Å²) in [6.07, 6.45) is 3.63. The van der Waals surface area contributed by atoms with Gasteiger partial charge in [0.25, 0.3) is 0 Å². The fourth-order valence-electron chi connectivity index (χ4n) is 1.23. The van der Waals surface area contributed by atoms with E-state index in [1.807, 2.05) is 0 Å². The zero-order valence-corrected chi connectivity index (χ0v) is 6.66. The van der Waals surface area contributed by atoms with Gasteiger partial charge in [0, 0.05) is 0 Å². The summed E-state index contributed by atoms with van der Waals surface area (Å²) < 4.78 is 4.60. The van der Waals surface area contributed by atoms with Crippen LogP contribution in [0.15, 0.2) is 0 Å². The zero-order chi connectivity index (χ0) is 7.61. The maximum Gasteiger partial charge on any atom is 0.671 e. The molecule has 0 amide bonds. The molecule has 0 atom stereocenters. The fraction of sp³-hybridized carbons (Fsp3) is 1.00. The minimum absolute atomic E-state index is 0.133. The molecule has 0 unspecified atom stereocenters. The first-order valence-electron chi connectivity index (χ1n) is 3.43. The Bertz CT molecular complexity index is 105. The van der Waals surface area contributed by atoms with Crippen LogP contribution >= 0.6 is 0 Å². The van der Waals surface area contributed by atoms with Gasteiger partial charge < -0.3 is 18.8 Å². The van der Waals surface area contributed by atoms with Crippen LogP contribution in [0.5, 0.6) is 0 Å². The molecule has 1 aliphatic rings. The second-order valence-electron chi connectivity index (χ2n) is 2.60. The largest absolute Gasteiger partial charge is 0.671 e. The summed E-state index contributed by atoms with van der Waals surface area (Å²) in [6, 6.07) is 0. The van der Waals surface area contributed by atoms with E-state index < -0.39 is 9.05 Å². The summed E-state index contributed by atoms with van der Waals surface area (Å²) in [4.78, 5) is 25.5. The Morgan fingerprint density at radius 2 is 1.60 bits per heavy atom. The molecule has 5 heteroatoms. The lowest BCUT2D eigenvalue weighted by Gasteiger charge is -2.15. The van der Waals surface area contributed by atoms with E-state index in [4.69, 9.17) is 14.4 Å². The normalized spacial score (nSPS) is 21.9. The van der Waals surface area contributed by atoms with E-state index in [-0.39, 0.29) is 6.10 Å². The van der Waals surface area contributed by atoms with Crippen LogP contribution in [-0.2, 0) is 4.43 Å². The van der Waals surface area contributed by atoms with Crippen molar-refractivity contribution < 1.29 is 18.8 Å². The highest BCUT2D eigenvalue weighted by Crippen LogP contribution is 2.21. The molecule has 0 bridgehead atoms. The van der Waals surface area contributed by atoms with Crippen LogP contribution < -0.4 is 0 Å². The van der Waals surface area contributed by atoms with Crippen molar-refractivity contribution in [2.45, 2.75) is 31.8 Å². The van der Waals surface area contributed by atoms with E-state index in [1.54, 1.807) is 0 Å². The molecule has 0 aromatic heterocycles. The van der Waals surface area contributed by atoms with Gasteiger partial charge in [-0.15, -0.1) is 0 Å². The summed E-state index contributed by atoms with van der Waals surface area (Å²) in [5.41, 5.74) is 0. The lowest BCUT2D eigenvalue weighted by molar-refractivity contribution is 0.0257. The van der Waals surface area contributed by atoms with Gasteiger partial charge in [-0.25, -0.2) is 0 Å². The maximum atomic E-state index is 8.51. The Kier molecular flexibility index (Phi) is 2.43. The highest BCUT2D eigenvalue weighted by molar-refractivity contribution is 6.48. The SMILES string of the molecule is O[Si](O)(O)OC1CCCC1. The Morgan fingerprint density at radius 1 is 1.10 bits per heavy atom. The molecule has 1 fully saturated rings. The van der Waals surface area contributed by atoms with Crippen LogP contribution in [0, 0.1) is 0 Å². The maximum absolute atomic E-state index is 8.51. The molecular weight excluding hydrogens is 152 g/mol. The second kappa shape index (κ2) is 2.98. The minimum atomic E-state index is -4.22. The zero-order valence-electron chi connectivity index (χ0n) is 5.66. The first kappa shape index (κ1) is 8.16. The van der Waals surface area contributed by atoms with Gasteiger partial charge in [-0.3, -0.25) is 0 Å². The van der Waals surface area contributed by atoms with Gasteiger partial charge in [0.05, 0.1) is 6.10 Å². The van der Waals surface area contributed by atoms with E-state index in [1.165, 1.54) is 0 Å². The molecule has 0 saturated heterocycles. The van der Waals surface area contributed by atoms with Crippen molar-refractivity contribution in [1.29, 1.82) is 0 Å². The van der Waals surface area contributed by atoms with Gasteiger partial charge in [-0.05, 0) is 12.8 Å². The minimum Gasteiger partial charge on any atom is -0.368 e. The average molecular weight is 164 g/mol. The van der Waals surface area contributed by atoms with E-state index in [0.29, 0.717) is 0 Å². The van der Waals surface area contributed by atoms with Crippen LogP contribution in [0.3, 0.4) is 0 Å². The van der Waals surface area contributed by atoms with Gasteiger partial charge in [-0.2, -0.15) is 0 Å². The smallest absolute Gasteiger partial charge is 0.368 e. The molecule has 1 saturated carbocycles. The standard InChI is InChI=1S/C5H12O4Si/c6-10(7,8)9-5-3-1-2-4-5/h5-8H,1-4H2. The molecule has 60 valence electrons. The van der Waals surface area contributed by atoms with Crippen LogP contribution in [-0.4, -0.2) is 29.5 Å². The predicted octanol–water partition coefficient (Wildman–Crippen LogP) is -0.642. The van der Waals surface area contributed by atoms with Crippen LogP contribution in [0.2, 0.25) is 0 Å². The predicted molar refractivity (Wildman–Crippen MR) is 35.8 cm³/mol. The molecule has 0 heterocycles. The first-order chi connectivity index (χ1) is 4.58.